The van der Waals surface area contributed by atoms with Crippen LogP contribution < -0.4 is 5.32 Å². The zero-order valence-electron chi connectivity index (χ0n) is 5.60. The summed E-state index contributed by atoms with van der Waals surface area (Å²) in [6.45, 7) is 0.330. The predicted molar refractivity (Wildman–Crippen MR) is 36.7 cm³/mol. The Balaban J connectivity index is 2.38. The van der Waals surface area contributed by atoms with Crippen LogP contribution in [0.25, 0.3) is 0 Å². The standard InChI is InChI=1S/C5H6N4O2/c10-9(11)5-3-6-4-1-2-7-8(4)5/h1-2,5-6H,3H2/t5-/m1/s1. The number of nitro groups is 1. The van der Waals surface area contributed by atoms with Gasteiger partial charge in [0.2, 0.25) is 0 Å². The van der Waals surface area contributed by atoms with Gasteiger partial charge in [0, 0.05) is 11.0 Å². The average molecular weight is 154 g/mol. The second-order valence-corrected chi connectivity index (χ2v) is 2.31. The van der Waals surface area contributed by atoms with Gasteiger partial charge in [-0.1, -0.05) is 0 Å². The number of nitrogens with zero attached hydrogens (tertiary/aromatic N) is 3. The maximum atomic E-state index is 10.4. The Morgan fingerprint density at radius 3 is 3.45 bits per heavy atom. The Bertz CT molecular complexity index is 294. The second-order valence-electron chi connectivity index (χ2n) is 2.31. The van der Waals surface area contributed by atoms with Gasteiger partial charge in [-0.3, -0.25) is 10.1 Å². The van der Waals surface area contributed by atoms with Crippen molar-refractivity contribution in [2.45, 2.75) is 6.17 Å². The van der Waals surface area contributed by atoms with Gasteiger partial charge in [-0.15, -0.1) is 0 Å². The van der Waals surface area contributed by atoms with Crippen molar-refractivity contribution >= 4 is 5.82 Å². The quantitative estimate of drug-likeness (QED) is 0.459. The van der Waals surface area contributed by atoms with E-state index in [4.69, 9.17) is 0 Å². The first-order chi connectivity index (χ1) is 5.29. The summed E-state index contributed by atoms with van der Waals surface area (Å²) in [4.78, 5) is 10.0. The van der Waals surface area contributed by atoms with Crippen LogP contribution in [0.1, 0.15) is 6.17 Å². The molecule has 0 saturated carbocycles. The zero-order valence-corrected chi connectivity index (χ0v) is 5.60. The van der Waals surface area contributed by atoms with E-state index in [1.807, 2.05) is 0 Å². The molecule has 2 heterocycles. The molecule has 1 aromatic rings. The molecule has 0 fully saturated rings. The number of aromatic nitrogens is 2. The van der Waals surface area contributed by atoms with Crippen molar-refractivity contribution < 1.29 is 4.92 Å². The summed E-state index contributed by atoms with van der Waals surface area (Å²) in [5, 5.41) is 17.0. The fourth-order valence-corrected chi connectivity index (χ4v) is 1.14. The highest BCUT2D eigenvalue weighted by Gasteiger charge is 2.30. The molecule has 2 rings (SSSR count). The van der Waals surface area contributed by atoms with Crippen molar-refractivity contribution in [2.75, 3.05) is 11.9 Å². The summed E-state index contributed by atoms with van der Waals surface area (Å²) in [5.74, 6) is 0.715. The molecule has 1 aliphatic heterocycles. The minimum atomic E-state index is -0.736. The number of anilines is 1. The van der Waals surface area contributed by atoms with Crippen LogP contribution in [0.4, 0.5) is 5.82 Å². The number of rotatable bonds is 1. The van der Waals surface area contributed by atoms with E-state index in [0.29, 0.717) is 12.4 Å². The largest absolute Gasteiger partial charge is 0.361 e. The highest BCUT2D eigenvalue weighted by molar-refractivity contribution is 5.37. The van der Waals surface area contributed by atoms with E-state index in [-0.39, 0.29) is 4.92 Å². The smallest absolute Gasteiger partial charge is 0.323 e. The Hall–Kier alpha value is -1.59. The molecule has 6 nitrogen and oxygen atoms in total. The van der Waals surface area contributed by atoms with Crippen LogP contribution in [-0.2, 0) is 0 Å². The highest BCUT2D eigenvalue weighted by Crippen LogP contribution is 2.21. The van der Waals surface area contributed by atoms with E-state index in [9.17, 15) is 10.1 Å². The summed E-state index contributed by atoms with van der Waals surface area (Å²) >= 11 is 0. The fourth-order valence-electron chi connectivity index (χ4n) is 1.14. The van der Waals surface area contributed by atoms with Gasteiger partial charge in [-0.25, -0.2) is 0 Å². The van der Waals surface area contributed by atoms with Gasteiger partial charge < -0.3 is 5.32 Å². The molecular formula is C5H6N4O2. The molecule has 0 unspecified atom stereocenters. The van der Waals surface area contributed by atoms with Crippen LogP contribution in [0.2, 0.25) is 0 Å². The van der Waals surface area contributed by atoms with Crippen molar-refractivity contribution in [2.24, 2.45) is 0 Å². The number of fused-ring (bicyclic) bond motifs is 1. The molecular weight excluding hydrogens is 148 g/mol. The fraction of sp³-hybridized carbons (Fsp3) is 0.400. The first-order valence-electron chi connectivity index (χ1n) is 3.20. The van der Waals surface area contributed by atoms with Crippen molar-refractivity contribution in [3.05, 3.63) is 22.4 Å². The Morgan fingerprint density at radius 1 is 1.91 bits per heavy atom. The molecule has 58 valence electrons. The maximum absolute atomic E-state index is 10.4. The Kier molecular flexibility index (Phi) is 1.09. The Labute approximate surface area is 62.0 Å². The van der Waals surface area contributed by atoms with E-state index >= 15 is 0 Å². The average Bonchev–Trinajstić information content (AvgIpc) is 2.41. The summed E-state index contributed by atoms with van der Waals surface area (Å²) in [6.07, 6.45) is 0.804. The minimum absolute atomic E-state index is 0.330. The molecule has 0 amide bonds. The van der Waals surface area contributed by atoms with Gasteiger partial charge in [0.15, 0.2) is 0 Å². The van der Waals surface area contributed by atoms with E-state index in [2.05, 4.69) is 10.4 Å². The van der Waals surface area contributed by atoms with Gasteiger partial charge in [0.1, 0.15) is 12.4 Å². The van der Waals surface area contributed by atoms with Crippen molar-refractivity contribution in [3.63, 3.8) is 0 Å². The van der Waals surface area contributed by atoms with Crippen LogP contribution in [-0.4, -0.2) is 21.2 Å². The SMILES string of the molecule is O=[N+]([O-])[C@@H]1CNc2ccnn21. The van der Waals surface area contributed by atoms with E-state index in [1.54, 1.807) is 6.07 Å². The molecule has 1 aliphatic rings. The molecule has 6 heteroatoms. The third-order valence-electron chi connectivity index (χ3n) is 1.66. The molecule has 0 aromatic carbocycles. The van der Waals surface area contributed by atoms with E-state index in [0.717, 1.165) is 0 Å². The minimum Gasteiger partial charge on any atom is -0.361 e. The second kappa shape index (κ2) is 1.94. The summed E-state index contributed by atoms with van der Waals surface area (Å²) in [7, 11) is 0. The van der Waals surface area contributed by atoms with Gasteiger partial charge in [0.25, 0.3) is 0 Å². The van der Waals surface area contributed by atoms with Gasteiger partial charge in [-0.2, -0.15) is 9.78 Å². The van der Waals surface area contributed by atoms with Crippen molar-refractivity contribution in [1.82, 2.24) is 9.78 Å². The van der Waals surface area contributed by atoms with Crippen LogP contribution in [0.3, 0.4) is 0 Å². The summed E-state index contributed by atoms with van der Waals surface area (Å²) < 4.78 is 1.38. The molecule has 1 atom stereocenters. The topological polar surface area (TPSA) is 73.0 Å². The van der Waals surface area contributed by atoms with Gasteiger partial charge in [-0.05, 0) is 0 Å². The predicted octanol–water partition coefficient (Wildman–Crippen LogP) is 0.0839. The molecule has 1 aromatic heterocycles. The lowest BCUT2D eigenvalue weighted by atomic mass is 10.5. The van der Waals surface area contributed by atoms with Crippen molar-refractivity contribution in [3.8, 4) is 0 Å². The van der Waals surface area contributed by atoms with Crippen LogP contribution in [0.5, 0.6) is 0 Å². The summed E-state index contributed by atoms with van der Waals surface area (Å²) in [6, 6.07) is 1.71. The zero-order chi connectivity index (χ0) is 7.84. The molecule has 0 spiro atoms. The van der Waals surface area contributed by atoms with Crippen LogP contribution >= 0.6 is 0 Å². The number of hydrogen-bond donors (Lipinski definition) is 1. The first kappa shape index (κ1) is 6.14. The number of hydrogen-bond acceptors (Lipinski definition) is 4. The van der Waals surface area contributed by atoms with Crippen LogP contribution in [0, 0.1) is 10.1 Å². The maximum Gasteiger partial charge on any atom is 0.323 e. The molecule has 0 aliphatic carbocycles. The molecule has 0 radical (unpaired) electrons. The lowest BCUT2D eigenvalue weighted by Gasteiger charge is -1.99. The van der Waals surface area contributed by atoms with Gasteiger partial charge >= 0.3 is 6.17 Å². The third-order valence-corrected chi connectivity index (χ3v) is 1.66. The molecule has 0 saturated heterocycles. The molecule has 0 bridgehead atoms. The third kappa shape index (κ3) is 0.754. The molecule has 1 N–H and O–H groups in total. The number of nitrogens with one attached hydrogen (secondary N) is 1. The summed E-state index contributed by atoms with van der Waals surface area (Å²) in [5.41, 5.74) is 0. The van der Waals surface area contributed by atoms with Crippen LogP contribution in [0.15, 0.2) is 12.3 Å². The molecule has 11 heavy (non-hydrogen) atoms. The van der Waals surface area contributed by atoms with Gasteiger partial charge in [0.05, 0.1) is 6.20 Å². The first-order valence-corrected chi connectivity index (χ1v) is 3.20. The van der Waals surface area contributed by atoms with E-state index in [1.165, 1.54) is 10.9 Å². The normalized spacial score (nSPS) is 20.9. The Morgan fingerprint density at radius 2 is 2.73 bits per heavy atom. The van der Waals surface area contributed by atoms with E-state index < -0.39 is 6.17 Å². The highest BCUT2D eigenvalue weighted by atomic mass is 16.6. The monoisotopic (exact) mass is 154 g/mol. The van der Waals surface area contributed by atoms with Crippen molar-refractivity contribution in [1.29, 1.82) is 0 Å². The lowest BCUT2D eigenvalue weighted by molar-refractivity contribution is -0.543. The lowest BCUT2D eigenvalue weighted by Crippen LogP contribution is -2.18.